The molecule has 4 atom stereocenters. The molecule has 0 aliphatic heterocycles. The van der Waals surface area contributed by atoms with Crippen LogP contribution in [-0.4, -0.2) is 44.4 Å². The molecule has 31 heavy (non-hydrogen) atoms. The van der Waals surface area contributed by atoms with Gasteiger partial charge < -0.3 is 10.4 Å². The molecule has 2 rings (SSSR count). The number of hydrogen-bond acceptors (Lipinski definition) is 9. The number of amides is 1. The zero-order chi connectivity index (χ0) is 23.5. The van der Waals surface area contributed by atoms with Gasteiger partial charge in [0.05, 0.1) is 16.9 Å². The summed E-state index contributed by atoms with van der Waals surface area (Å²) in [6, 6.07) is 2.65. The Morgan fingerprint density at radius 3 is 2.48 bits per heavy atom. The molecule has 1 aromatic carbocycles. The number of aliphatic carboxylic acids is 1. The number of Topliss-reactive ketones (excluding diaryl/α,β-unsaturated/α-hetero) is 2. The lowest BCUT2D eigenvalue weighted by Crippen LogP contribution is -2.47. The van der Waals surface area contributed by atoms with Crippen molar-refractivity contribution >= 4 is 34.8 Å². The predicted molar refractivity (Wildman–Crippen MR) is 100 cm³/mol. The third-order valence-electron chi connectivity index (χ3n) is 5.14. The van der Waals surface area contributed by atoms with Gasteiger partial charge in [0.2, 0.25) is 0 Å². The maximum absolute atomic E-state index is 12.7. The Balaban J connectivity index is 2.41. The van der Waals surface area contributed by atoms with E-state index in [1.807, 2.05) is 5.32 Å². The van der Waals surface area contributed by atoms with Gasteiger partial charge in [-0.3, -0.25) is 39.4 Å². The molecule has 0 heterocycles. The van der Waals surface area contributed by atoms with Crippen molar-refractivity contribution in [3.63, 3.8) is 0 Å². The van der Waals surface area contributed by atoms with Gasteiger partial charge in [0.15, 0.2) is 0 Å². The Labute approximate surface area is 173 Å². The minimum absolute atomic E-state index is 0.190. The van der Waals surface area contributed by atoms with Gasteiger partial charge in [-0.2, -0.15) is 5.26 Å². The molecule has 1 aromatic rings. The van der Waals surface area contributed by atoms with Gasteiger partial charge in [-0.15, -0.1) is 0 Å². The number of nitrogens with one attached hydrogen (secondary N) is 1. The fraction of sp³-hybridized carbons (Fsp3) is 0.389. The molecule has 0 aromatic heterocycles. The summed E-state index contributed by atoms with van der Waals surface area (Å²) in [4.78, 5) is 69.2. The monoisotopic (exact) mass is 432 g/mol. The summed E-state index contributed by atoms with van der Waals surface area (Å²) in [6.07, 6.45) is -0.930. The second kappa shape index (κ2) is 9.08. The van der Waals surface area contributed by atoms with Gasteiger partial charge in [0.25, 0.3) is 23.4 Å². The lowest BCUT2D eigenvalue weighted by molar-refractivity contribution is -0.518. The first kappa shape index (κ1) is 23.1. The highest BCUT2D eigenvalue weighted by molar-refractivity contribution is 6.42. The molecule has 13 nitrogen and oxygen atoms in total. The molecule has 0 saturated heterocycles. The van der Waals surface area contributed by atoms with Crippen molar-refractivity contribution in [3.05, 3.63) is 44.0 Å². The topological polar surface area (TPSA) is 211 Å². The Hall–Kier alpha value is -4.21. The summed E-state index contributed by atoms with van der Waals surface area (Å²) in [5.41, 5.74) is -1.65. The lowest BCUT2D eigenvalue weighted by Gasteiger charge is -2.22. The molecule has 0 unspecified atom stereocenters. The Morgan fingerprint density at radius 1 is 1.32 bits per heavy atom. The number of anilines is 1. The number of para-hydroxylation sites is 1. The molecule has 1 fully saturated rings. The van der Waals surface area contributed by atoms with Gasteiger partial charge in [0.1, 0.15) is 17.5 Å². The third-order valence-corrected chi connectivity index (χ3v) is 5.14. The Kier molecular flexibility index (Phi) is 6.75. The van der Waals surface area contributed by atoms with Crippen LogP contribution < -0.4 is 5.32 Å². The first-order chi connectivity index (χ1) is 14.5. The summed E-state index contributed by atoms with van der Waals surface area (Å²) in [6.45, 7) is 1.43. The van der Waals surface area contributed by atoms with E-state index < -0.39 is 74.9 Å². The van der Waals surface area contributed by atoms with Crippen molar-refractivity contribution in [1.82, 2.24) is 0 Å². The summed E-state index contributed by atoms with van der Waals surface area (Å²) < 4.78 is 0. The van der Waals surface area contributed by atoms with Crippen LogP contribution in [0.4, 0.5) is 11.4 Å². The molecule has 0 bridgehead atoms. The maximum Gasteiger partial charge on any atom is 0.304 e. The fourth-order valence-electron chi connectivity index (χ4n) is 3.82. The van der Waals surface area contributed by atoms with E-state index in [9.17, 15) is 39.4 Å². The van der Waals surface area contributed by atoms with Crippen LogP contribution in [0.15, 0.2) is 18.2 Å². The average Bonchev–Trinajstić information content (AvgIpc) is 2.94. The van der Waals surface area contributed by atoms with Crippen LogP contribution in [0.25, 0.3) is 0 Å². The van der Waals surface area contributed by atoms with Gasteiger partial charge in [-0.1, -0.05) is 13.0 Å². The largest absolute Gasteiger partial charge is 0.481 e. The number of rotatable bonds is 8. The molecule has 0 radical (unpaired) electrons. The number of ketones is 2. The number of nitro benzene ring substituents is 1. The van der Waals surface area contributed by atoms with Gasteiger partial charge >= 0.3 is 5.97 Å². The third kappa shape index (κ3) is 4.69. The van der Waals surface area contributed by atoms with E-state index in [0.717, 1.165) is 12.1 Å². The molecule has 1 aliphatic carbocycles. The van der Waals surface area contributed by atoms with Crippen molar-refractivity contribution < 1.29 is 34.1 Å². The first-order valence-corrected chi connectivity index (χ1v) is 8.90. The van der Waals surface area contributed by atoms with E-state index in [1.165, 1.54) is 13.0 Å². The van der Waals surface area contributed by atoms with E-state index >= 15 is 0 Å². The molecule has 1 aliphatic rings. The summed E-state index contributed by atoms with van der Waals surface area (Å²) in [7, 11) is 0. The van der Waals surface area contributed by atoms with E-state index in [1.54, 1.807) is 6.07 Å². The minimum Gasteiger partial charge on any atom is -0.481 e. The molecule has 13 heteroatoms. The molecule has 2 N–H and O–H groups in total. The zero-order valence-electron chi connectivity index (χ0n) is 16.0. The highest BCUT2D eigenvalue weighted by atomic mass is 16.6. The number of carbonyl (C=O) groups is 4. The second-order valence-corrected chi connectivity index (χ2v) is 7.05. The van der Waals surface area contributed by atoms with Gasteiger partial charge in [-0.25, -0.2) is 0 Å². The van der Waals surface area contributed by atoms with Crippen LogP contribution in [0, 0.1) is 49.3 Å². The van der Waals surface area contributed by atoms with Gasteiger partial charge in [0, 0.05) is 29.2 Å². The molecule has 1 amide bonds. The fourth-order valence-corrected chi connectivity index (χ4v) is 3.82. The molecular weight excluding hydrogens is 416 g/mol. The van der Waals surface area contributed by atoms with Crippen molar-refractivity contribution in [2.24, 2.45) is 17.8 Å². The highest BCUT2D eigenvalue weighted by Crippen LogP contribution is 2.40. The number of nitro groups is 2. The number of carbonyl (C=O) groups excluding carboxylic acids is 3. The number of hydrogen-bond donors (Lipinski definition) is 2. The van der Waals surface area contributed by atoms with Crippen LogP contribution in [0.3, 0.4) is 0 Å². The average molecular weight is 432 g/mol. The van der Waals surface area contributed by atoms with Crippen LogP contribution >= 0.6 is 0 Å². The number of nitrogens with zero attached hydrogens (tertiary/aromatic N) is 3. The highest BCUT2D eigenvalue weighted by Gasteiger charge is 2.54. The van der Waals surface area contributed by atoms with Crippen LogP contribution in [0.2, 0.25) is 0 Å². The number of nitriles is 1. The number of carboxylic acid groups (broad SMARTS) is 1. The van der Waals surface area contributed by atoms with E-state index in [4.69, 9.17) is 10.4 Å². The molecule has 162 valence electrons. The standard InChI is InChI=1S/C18H16N4O9/c1-8-5-12(23)10(6-13(24)25)14(8)16(22(30)31)17(26)18(27)20-15-9(7-19)3-2-4-11(15)21(28)29/h2-4,8,10,14,16H,5-6H2,1H3,(H,20,27)(H,24,25)/t8-,10+,14+,16-/m1/s1. The zero-order valence-corrected chi connectivity index (χ0v) is 16.0. The summed E-state index contributed by atoms with van der Waals surface area (Å²) >= 11 is 0. The Bertz CT molecular complexity index is 1030. The van der Waals surface area contributed by atoms with Crippen molar-refractivity contribution in [3.8, 4) is 6.07 Å². The van der Waals surface area contributed by atoms with Crippen molar-refractivity contribution in [1.29, 1.82) is 5.26 Å². The summed E-state index contributed by atoms with van der Waals surface area (Å²) in [5, 5.41) is 42.9. The molecule has 0 spiro atoms. The van der Waals surface area contributed by atoms with Crippen molar-refractivity contribution in [2.75, 3.05) is 5.32 Å². The van der Waals surface area contributed by atoms with Crippen LogP contribution in [0.5, 0.6) is 0 Å². The maximum atomic E-state index is 12.7. The predicted octanol–water partition coefficient (Wildman–Crippen LogP) is 0.935. The Morgan fingerprint density at radius 2 is 1.97 bits per heavy atom. The number of carboxylic acids is 1. The summed E-state index contributed by atoms with van der Waals surface area (Å²) in [5.74, 6) is -8.58. The van der Waals surface area contributed by atoms with E-state index in [2.05, 4.69) is 0 Å². The normalized spacial score (nSPS) is 21.0. The SMILES string of the molecule is C[C@@H]1CC(=O)[C@H](CC(=O)O)[C@H]1[C@H](C(=O)C(=O)Nc1c(C#N)cccc1[N+](=O)[O-])[N+](=O)[O-]. The van der Waals surface area contributed by atoms with Crippen LogP contribution in [-0.2, 0) is 19.2 Å². The lowest BCUT2D eigenvalue weighted by atomic mass is 9.80. The quantitative estimate of drug-likeness (QED) is 0.337. The first-order valence-electron chi connectivity index (χ1n) is 8.90. The smallest absolute Gasteiger partial charge is 0.304 e. The van der Waals surface area contributed by atoms with Crippen molar-refractivity contribution in [2.45, 2.75) is 25.8 Å². The second-order valence-electron chi connectivity index (χ2n) is 7.05. The minimum atomic E-state index is -2.24. The van der Waals surface area contributed by atoms with E-state index in [-0.39, 0.29) is 12.0 Å². The van der Waals surface area contributed by atoms with Gasteiger partial charge in [-0.05, 0) is 12.0 Å². The van der Waals surface area contributed by atoms with E-state index in [0.29, 0.717) is 0 Å². The number of benzene rings is 1. The molecular formula is C18H16N4O9. The molecule has 1 saturated carbocycles. The van der Waals surface area contributed by atoms with Crippen LogP contribution in [0.1, 0.15) is 25.3 Å².